The Labute approximate surface area is 136 Å². The van der Waals surface area contributed by atoms with E-state index in [1.807, 2.05) is 42.2 Å². The molecule has 1 aromatic carbocycles. The number of anilines is 1. The Bertz CT molecular complexity index is 583. The molecule has 0 fully saturated rings. The first kappa shape index (κ1) is 16.6. The van der Waals surface area contributed by atoms with Crippen LogP contribution < -0.4 is 4.90 Å². The Morgan fingerprint density at radius 1 is 1.14 bits per heavy atom. The van der Waals surface area contributed by atoms with Gasteiger partial charge < -0.3 is 4.90 Å². The molecule has 2 rings (SSSR count). The molecule has 1 amide bonds. The van der Waals surface area contributed by atoms with Crippen molar-refractivity contribution in [1.82, 2.24) is 9.36 Å². The molecular weight excluding hydrogens is 294 g/mol. The Hall–Kier alpha value is -1.75. The topological polar surface area (TPSA) is 46.1 Å². The predicted molar refractivity (Wildman–Crippen MR) is 91.3 cm³/mol. The minimum absolute atomic E-state index is 0.107. The summed E-state index contributed by atoms with van der Waals surface area (Å²) in [6, 6.07) is 9.88. The first-order chi connectivity index (χ1) is 10.7. The molecule has 0 radical (unpaired) electrons. The maximum atomic E-state index is 11.8. The maximum Gasteiger partial charge on any atom is 0.223 e. The van der Waals surface area contributed by atoms with Gasteiger partial charge in [-0.25, -0.2) is 4.98 Å². The molecule has 2 aromatic rings. The summed E-state index contributed by atoms with van der Waals surface area (Å²) in [6.45, 7) is 4.35. The van der Waals surface area contributed by atoms with Crippen molar-refractivity contribution in [1.29, 1.82) is 0 Å². The van der Waals surface area contributed by atoms with E-state index in [9.17, 15) is 4.79 Å². The quantitative estimate of drug-likeness (QED) is 0.691. The van der Waals surface area contributed by atoms with E-state index in [2.05, 4.69) is 9.36 Å². The smallest absolute Gasteiger partial charge is 0.223 e. The van der Waals surface area contributed by atoms with E-state index in [1.54, 1.807) is 6.92 Å². The van der Waals surface area contributed by atoms with E-state index in [-0.39, 0.29) is 5.91 Å². The number of hydrogen-bond donors (Lipinski definition) is 0. The standard InChI is InChI=1S/C17H23N3OS/c1-14-18-17(22-19-14)12-8-3-4-9-13-20(15(2)21)16-10-6-5-7-11-16/h5-7,10-11H,3-4,8-9,12-13H2,1-2H3. The Balaban J connectivity index is 1.67. The lowest BCUT2D eigenvalue weighted by Gasteiger charge is -2.21. The van der Waals surface area contributed by atoms with Gasteiger partial charge in [-0.2, -0.15) is 4.37 Å². The number of carbonyl (C=O) groups excluding carboxylic acids is 1. The van der Waals surface area contributed by atoms with E-state index in [0.717, 1.165) is 48.7 Å². The van der Waals surface area contributed by atoms with Gasteiger partial charge in [-0.1, -0.05) is 31.0 Å². The minimum atomic E-state index is 0.107. The third-order valence-corrected chi connectivity index (χ3v) is 4.40. The van der Waals surface area contributed by atoms with Gasteiger partial charge in [-0.05, 0) is 43.4 Å². The van der Waals surface area contributed by atoms with Gasteiger partial charge in [0, 0.05) is 25.6 Å². The molecule has 0 atom stereocenters. The zero-order valence-corrected chi connectivity index (χ0v) is 14.1. The number of para-hydroxylation sites is 1. The third kappa shape index (κ3) is 5.22. The third-order valence-electron chi connectivity index (χ3n) is 3.54. The SMILES string of the molecule is CC(=O)N(CCCCCCc1nc(C)ns1)c1ccccc1. The average molecular weight is 317 g/mol. The molecule has 1 aromatic heterocycles. The zero-order valence-electron chi connectivity index (χ0n) is 13.3. The van der Waals surface area contributed by atoms with Crippen molar-refractivity contribution >= 4 is 23.1 Å². The number of aryl methyl sites for hydroxylation is 2. The van der Waals surface area contributed by atoms with Crippen LogP contribution >= 0.6 is 11.5 Å². The molecule has 0 aliphatic rings. The molecule has 5 heteroatoms. The van der Waals surface area contributed by atoms with Crippen molar-refractivity contribution in [3.8, 4) is 0 Å². The van der Waals surface area contributed by atoms with E-state index in [0.29, 0.717) is 0 Å². The summed E-state index contributed by atoms with van der Waals surface area (Å²) in [6.07, 6.45) is 5.48. The lowest BCUT2D eigenvalue weighted by atomic mass is 10.1. The van der Waals surface area contributed by atoms with E-state index < -0.39 is 0 Å². The van der Waals surface area contributed by atoms with Gasteiger partial charge in [-0.3, -0.25) is 4.79 Å². The zero-order chi connectivity index (χ0) is 15.8. The number of nitrogens with zero attached hydrogens (tertiary/aromatic N) is 3. The summed E-state index contributed by atoms with van der Waals surface area (Å²) in [4.78, 5) is 18.0. The molecule has 0 aliphatic carbocycles. The van der Waals surface area contributed by atoms with E-state index >= 15 is 0 Å². The monoisotopic (exact) mass is 317 g/mol. The molecule has 1 heterocycles. The molecule has 0 bridgehead atoms. The van der Waals surface area contributed by atoms with Crippen molar-refractivity contribution in [3.63, 3.8) is 0 Å². The summed E-state index contributed by atoms with van der Waals surface area (Å²) in [7, 11) is 0. The molecule has 0 saturated carbocycles. The lowest BCUT2D eigenvalue weighted by molar-refractivity contribution is -0.116. The summed E-state index contributed by atoms with van der Waals surface area (Å²) in [5, 5.41) is 1.13. The van der Waals surface area contributed by atoms with Crippen LogP contribution in [0.3, 0.4) is 0 Å². The number of unbranched alkanes of at least 4 members (excludes halogenated alkanes) is 3. The fraction of sp³-hybridized carbons (Fsp3) is 0.471. The highest BCUT2D eigenvalue weighted by molar-refractivity contribution is 7.05. The van der Waals surface area contributed by atoms with Crippen molar-refractivity contribution in [3.05, 3.63) is 41.2 Å². The van der Waals surface area contributed by atoms with Crippen LogP contribution in [0.1, 0.15) is 43.4 Å². The average Bonchev–Trinajstić information content (AvgIpc) is 2.92. The molecule has 118 valence electrons. The number of carbonyl (C=O) groups is 1. The maximum absolute atomic E-state index is 11.8. The number of benzene rings is 1. The van der Waals surface area contributed by atoms with Gasteiger partial charge in [0.25, 0.3) is 0 Å². The largest absolute Gasteiger partial charge is 0.313 e. The van der Waals surface area contributed by atoms with Crippen LogP contribution in [-0.2, 0) is 11.2 Å². The van der Waals surface area contributed by atoms with Crippen molar-refractivity contribution in [2.75, 3.05) is 11.4 Å². The van der Waals surface area contributed by atoms with E-state index in [1.165, 1.54) is 18.0 Å². The number of rotatable bonds is 8. The molecule has 0 aliphatic heterocycles. The van der Waals surface area contributed by atoms with Crippen LogP contribution in [0.2, 0.25) is 0 Å². The fourth-order valence-corrected chi connectivity index (χ4v) is 3.10. The Morgan fingerprint density at radius 2 is 1.86 bits per heavy atom. The summed E-state index contributed by atoms with van der Waals surface area (Å²) >= 11 is 1.51. The van der Waals surface area contributed by atoms with Gasteiger partial charge in [0.2, 0.25) is 5.91 Å². The summed E-state index contributed by atoms with van der Waals surface area (Å²) in [5.74, 6) is 0.982. The first-order valence-corrected chi connectivity index (χ1v) is 8.56. The second-order valence-electron chi connectivity index (χ2n) is 5.41. The fourth-order valence-electron chi connectivity index (χ4n) is 2.42. The normalized spacial score (nSPS) is 10.6. The van der Waals surface area contributed by atoms with Gasteiger partial charge >= 0.3 is 0 Å². The Kier molecular flexibility index (Phi) is 6.52. The lowest BCUT2D eigenvalue weighted by Crippen LogP contribution is -2.29. The highest BCUT2D eigenvalue weighted by Gasteiger charge is 2.10. The van der Waals surface area contributed by atoms with Crippen LogP contribution in [0.25, 0.3) is 0 Å². The van der Waals surface area contributed by atoms with Gasteiger partial charge in [-0.15, -0.1) is 0 Å². The van der Waals surface area contributed by atoms with Crippen LogP contribution in [0.15, 0.2) is 30.3 Å². The van der Waals surface area contributed by atoms with Crippen molar-refractivity contribution in [2.24, 2.45) is 0 Å². The first-order valence-electron chi connectivity index (χ1n) is 7.79. The van der Waals surface area contributed by atoms with E-state index in [4.69, 9.17) is 0 Å². The number of amides is 1. The number of aromatic nitrogens is 2. The molecule has 4 nitrogen and oxygen atoms in total. The van der Waals surface area contributed by atoms with Crippen LogP contribution in [0.4, 0.5) is 5.69 Å². The second kappa shape index (κ2) is 8.63. The Morgan fingerprint density at radius 3 is 2.50 bits per heavy atom. The van der Waals surface area contributed by atoms with Crippen LogP contribution in [-0.4, -0.2) is 21.8 Å². The molecule has 0 unspecified atom stereocenters. The van der Waals surface area contributed by atoms with Gasteiger partial charge in [0.1, 0.15) is 10.8 Å². The van der Waals surface area contributed by atoms with Gasteiger partial charge in [0.05, 0.1) is 0 Å². The molecular formula is C17H23N3OS. The van der Waals surface area contributed by atoms with Crippen molar-refractivity contribution < 1.29 is 4.79 Å². The highest BCUT2D eigenvalue weighted by atomic mass is 32.1. The second-order valence-corrected chi connectivity index (χ2v) is 6.24. The van der Waals surface area contributed by atoms with Crippen molar-refractivity contribution in [2.45, 2.75) is 46.0 Å². The molecule has 0 N–H and O–H groups in total. The van der Waals surface area contributed by atoms with Crippen LogP contribution in [0, 0.1) is 6.92 Å². The summed E-state index contributed by atoms with van der Waals surface area (Å²) < 4.78 is 4.19. The number of hydrogen-bond acceptors (Lipinski definition) is 4. The van der Waals surface area contributed by atoms with Crippen LogP contribution in [0.5, 0.6) is 0 Å². The predicted octanol–water partition coefficient (Wildman–Crippen LogP) is 4.00. The molecule has 22 heavy (non-hydrogen) atoms. The summed E-state index contributed by atoms with van der Waals surface area (Å²) in [5.41, 5.74) is 0.985. The minimum Gasteiger partial charge on any atom is -0.313 e. The molecule has 0 spiro atoms. The molecule has 0 saturated heterocycles. The van der Waals surface area contributed by atoms with Gasteiger partial charge in [0.15, 0.2) is 0 Å². The highest BCUT2D eigenvalue weighted by Crippen LogP contribution is 2.15.